The first-order chi connectivity index (χ1) is 11.0. The first-order valence-corrected chi connectivity index (χ1v) is 7.06. The van der Waals surface area contributed by atoms with Crippen molar-refractivity contribution >= 4 is 23.2 Å². The molecule has 9 heteroatoms. The van der Waals surface area contributed by atoms with Crippen molar-refractivity contribution in [3.8, 4) is 0 Å². The SMILES string of the molecule is CC(C)(O)CNC(=O)c1ccc(N2N=C(C(F)(F)F)CC2=O)cc1. The van der Waals surface area contributed by atoms with Crippen LogP contribution in [0.5, 0.6) is 0 Å². The average molecular weight is 343 g/mol. The molecule has 0 bridgehead atoms. The zero-order valence-electron chi connectivity index (χ0n) is 13.0. The molecule has 1 aromatic carbocycles. The van der Waals surface area contributed by atoms with Crippen LogP contribution in [-0.2, 0) is 4.79 Å². The third-order valence-corrected chi connectivity index (χ3v) is 3.16. The molecule has 24 heavy (non-hydrogen) atoms. The lowest BCUT2D eigenvalue weighted by Gasteiger charge is -2.18. The van der Waals surface area contributed by atoms with Crippen LogP contribution >= 0.6 is 0 Å². The summed E-state index contributed by atoms with van der Waals surface area (Å²) in [6.45, 7) is 3.11. The number of rotatable bonds is 4. The predicted molar refractivity (Wildman–Crippen MR) is 80.7 cm³/mol. The number of hydrazone groups is 1. The zero-order chi connectivity index (χ0) is 18.1. The van der Waals surface area contributed by atoms with Gasteiger partial charge in [0.1, 0.15) is 0 Å². The van der Waals surface area contributed by atoms with Crippen LogP contribution in [0.3, 0.4) is 0 Å². The van der Waals surface area contributed by atoms with E-state index in [4.69, 9.17) is 0 Å². The summed E-state index contributed by atoms with van der Waals surface area (Å²) < 4.78 is 37.8. The van der Waals surface area contributed by atoms with Gasteiger partial charge >= 0.3 is 6.18 Å². The fourth-order valence-electron chi connectivity index (χ4n) is 1.94. The molecule has 0 atom stereocenters. The van der Waals surface area contributed by atoms with Crippen molar-refractivity contribution in [2.24, 2.45) is 5.10 Å². The molecule has 6 nitrogen and oxygen atoms in total. The fraction of sp³-hybridized carbons (Fsp3) is 0.400. The van der Waals surface area contributed by atoms with Crippen molar-refractivity contribution in [3.05, 3.63) is 29.8 Å². The van der Waals surface area contributed by atoms with Crippen molar-refractivity contribution < 1.29 is 27.9 Å². The fourth-order valence-corrected chi connectivity index (χ4v) is 1.94. The van der Waals surface area contributed by atoms with Gasteiger partial charge in [0.2, 0.25) is 0 Å². The number of nitrogens with zero attached hydrogens (tertiary/aromatic N) is 2. The molecular weight excluding hydrogens is 327 g/mol. The second-order valence-corrected chi connectivity index (χ2v) is 5.97. The van der Waals surface area contributed by atoms with Gasteiger partial charge in [0.15, 0.2) is 5.71 Å². The first kappa shape index (κ1) is 17.9. The minimum absolute atomic E-state index is 0.0391. The molecule has 1 aromatic rings. The number of halogens is 3. The number of carbonyl (C=O) groups excluding carboxylic acids is 2. The highest BCUT2D eigenvalue weighted by Crippen LogP contribution is 2.28. The quantitative estimate of drug-likeness (QED) is 0.875. The molecule has 0 unspecified atom stereocenters. The van der Waals surface area contributed by atoms with E-state index in [1.54, 1.807) is 0 Å². The lowest BCUT2D eigenvalue weighted by molar-refractivity contribution is -0.117. The number of hydrogen-bond donors (Lipinski definition) is 2. The Morgan fingerprint density at radius 2 is 1.88 bits per heavy atom. The highest BCUT2D eigenvalue weighted by molar-refractivity contribution is 6.14. The van der Waals surface area contributed by atoms with Crippen molar-refractivity contribution in [2.45, 2.75) is 32.0 Å². The molecule has 0 saturated heterocycles. The minimum Gasteiger partial charge on any atom is -0.389 e. The number of aliphatic hydroxyl groups is 1. The van der Waals surface area contributed by atoms with Crippen molar-refractivity contribution in [1.29, 1.82) is 0 Å². The van der Waals surface area contributed by atoms with Crippen LogP contribution in [0.15, 0.2) is 29.4 Å². The summed E-state index contributed by atoms with van der Waals surface area (Å²) in [5.74, 6) is -1.24. The second kappa shape index (κ2) is 6.23. The lowest BCUT2D eigenvalue weighted by Crippen LogP contribution is -2.38. The third-order valence-electron chi connectivity index (χ3n) is 3.16. The normalized spacial score (nSPS) is 15.5. The van der Waals surface area contributed by atoms with Crippen LogP contribution < -0.4 is 10.3 Å². The molecule has 0 aliphatic carbocycles. The van der Waals surface area contributed by atoms with Crippen molar-refractivity contribution in [3.63, 3.8) is 0 Å². The number of nitrogens with one attached hydrogen (secondary N) is 1. The summed E-state index contributed by atoms with van der Waals surface area (Å²) in [7, 11) is 0. The van der Waals surface area contributed by atoms with E-state index >= 15 is 0 Å². The summed E-state index contributed by atoms with van der Waals surface area (Å²) >= 11 is 0. The van der Waals surface area contributed by atoms with E-state index in [0.717, 1.165) is 0 Å². The molecule has 2 amide bonds. The largest absolute Gasteiger partial charge is 0.431 e. The molecular formula is C15H16F3N3O3. The second-order valence-electron chi connectivity index (χ2n) is 5.97. The average Bonchev–Trinajstić information content (AvgIpc) is 2.86. The van der Waals surface area contributed by atoms with Crippen LogP contribution in [0.25, 0.3) is 0 Å². The number of amides is 2. The molecule has 0 spiro atoms. The van der Waals surface area contributed by atoms with Gasteiger partial charge in [0.25, 0.3) is 11.8 Å². The van der Waals surface area contributed by atoms with Gasteiger partial charge < -0.3 is 10.4 Å². The van der Waals surface area contributed by atoms with E-state index in [2.05, 4.69) is 10.4 Å². The van der Waals surface area contributed by atoms with Crippen molar-refractivity contribution in [2.75, 3.05) is 11.6 Å². The summed E-state index contributed by atoms with van der Waals surface area (Å²) in [6, 6.07) is 5.40. The monoisotopic (exact) mass is 343 g/mol. The van der Waals surface area contributed by atoms with E-state index < -0.39 is 35.7 Å². The maximum atomic E-state index is 12.6. The van der Waals surface area contributed by atoms with Gasteiger partial charge in [-0.05, 0) is 38.1 Å². The number of hydrogen-bond acceptors (Lipinski definition) is 4. The van der Waals surface area contributed by atoms with Crippen LogP contribution in [0.1, 0.15) is 30.6 Å². The molecule has 0 aromatic heterocycles. The molecule has 1 aliphatic rings. The Morgan fingerprint density at radius 1 is 1.29 bits per heavy atom. The number of anilines is 1. The zero-order valence-corrected chi connectivity index (χ0v) is 13.0. The van der Waals surface area contributed by atoms with Crippen molar-refractivity contribution in [1.82, 2.24) is 5.32 Å². The topological polar surface area (TPSA) is 82.0 Å². The van der Waals surface area contributed by atoms with Gasteiger partial charge in [-0.2, -0.15) is 18.3 Å². The molecule has 0 saturated carbocycles. The van der Waals surface area contributed by atoms with Gasteiger partial charge in [-0.15, -0.1) is 0 Å². The number of benzene rings is 1. The van der Waals surface area contributed by atoms with E-state index in [0.29, 0.717) is 5.01 Å². The molecule has 2 rings (SSSR count). The summed E-state index contributed by atoms with van der Waals surface area (Å²) in [4.78, 5) is 23.6. The molecule has 1 heterocycles. The maximum absolute atomic E-state index is 12.6. The smallest absolute Gasteiger partial charge is 0.389 e. The number of alkyl halides is 3. The Bertz CT molecular complexity index is 676. The molecule has 1 aliphatic heterocycles. The molecule has 0 radical (unpaired) electrons. The van der Waals surface area contributed by atoms with Gasteiger partial charge in [-0.3, -0.25) is 9.59 Å². The van der Waals surface area contributed by atoms with Crippen LogP contribution in [-0.4, -0.2) is 41.0 Å². The first-order valence-electron chi connectivity index (χ1n) is 7.06. The van der Waals surface area contributed by atoms with Gasteiger partial charge in [-0.25, -0.2) is 5.01 Å². The summed E-state index contributed by atoms with van der Waals surface area (Å²) in [5.41, 5.74) is -1.84. The Hall–Kier alpha value is -2.42. The Labute approximate surface area is 135 Å². The van der Waals surface area contributed by atoms with Gasteiger partial charge in [0, 0.05) is 12.1 Å². The van der Waals surface area contributed by atoms with Crippen LogP contribution in [0, 0.1) is 0 Å². The van der Waals surface area contributed by atoms with Crippen LogP contribution in [0.2, 0.25) is 0 Å². The minimum atomic E-state index is -4.65. The van der Waals surface area contributed by atoms with E-state index in [1.165, 1.54) is 38.1 Å². The van der Waals surface area contributed by atoms with E-state index in [9.17, 15) is 27.9 Å². The highest BCUT2D eigenvalue weighted by atomic mass is 19.4. The predicted octanol–water partition coefficient (Wildman–Crippen LogP) is 1.84. The Balaban J connectivity index is 2.11. The standard InChI is InChI=1S/C15H16F3N3O3/c1-14(2,24)8-19-13(23)9-3-5-10(6-4-9)21-12(22)7-11(20-21)15(16,17)18/h3-6,24H,7-8H2,1-2H3,(H,19,23). The lowest BCUT2D eigenvalue weighted by atomic mass is 10.1. The highest BCUT2D eigenvalue weighted by Gasteiger charge is 2.42. The van der Waals surface area contributed by atoms with E-state index in [1.807, 2.05) is 0 Å². The van der Waals surface area contributed by atoms with E-state index in [-0.39, 0.29) is 17.8 Å². The molecule has 130 valence electrons. The number of carbonyl (C=O) groups is 2. The molecule has 0 fully saturated rings. The summed E-state index contributed by atoms with van der Waals surface area (Å²) in [5, 5.41) is 16.0. The van der Waals surface area contributed by atoms with Gasteiger partial charge in [-0.1, -0.05) is 0 Å². The van der Waals surface area contributed by atoms with Gasteiger partial charge in [0.05, 0.1) is 17.7 Å². The Morgan fingerprint density at radius 3 is 2.33 bits per heavy atom. The maximum Gasteiger partial charge on any atom is 0.431 e. The Kier molecular flexibility index (Phi) is 4.66. The molecule has 2 N–H and O–H groups in total. The summed E-state index contributed by atoms with van der Waals surface area (Å²) in [6.07, 6.45) is -5.46. The van der Waals surface area contributed by atoms with Crippen LogP contribution in [0.4, 0.5) is 18.9 Å². The third kappa shape index (κ3) is 4.31.